The number of nitrogens with one attached hydrogen (secondary N) is 2. The maximum absolute atomic E-state index is 13.2. The molecule has 4 N–H and O–H groups in total. The first-order valence-electron chi connectivity index (χ1n) is 11.9. The van der Waals surface area contributed by atoms with Gasteiger partial charge in [-0.3, -0.25) is 9.20 Å². The van der Waals surface area contributed by atoms with Crippen LogP contribution in [0.3, 0.4) is 0 Å². The fraction of sp³-hybridized carbons (Fsp3) is 0.462. The number of ether oxygens (including phenoxy) is 2. The van der Waals surface area contributed by atoms with Crippen LogP contribution >= 0.6 is 0 Å². The van der Waals surface area contributed by atoms with Gasteiger partial charge in [0.2, 0.25) is 5.91 Å². The molecule has 0 saturated heterocycles. The molecule has 1 aliphatic rings. The zero-order chi connectivity index (χ0) is 26.1. The molecule has 36 heavy (non-hydrogen) atoms. The topological polar surface area (TPSA) is 133 Å². The lowest BCUT2D eigenvalue weighted by Gasteiger charge is -2.28. The molecular weight excluding hydrogens is 460 g/mol. The number of hydrogen-bond donors (Lipinski definition) is 3. The van der Waals surface area contributed by atoms with Crippen molar-refractivity contribution in [2.45, 2.75) is 70.2 Å². The number of aromatic nitrogens is 3. The Hall–Kier alpha value is -3.66. The van der Waals surface area contributed by atoms with E-state index in [1.165, 1.54) is 0 Å². The van der Waals surface area contributed by atoms with Crippen molar-refractivity contribution in [2.75, 3.05) is 12.3 Å². The summed E-state index contributed by atoms with van der Waals surface area (Å²) in [6, 6.07) is 13.2. The van der Waals surface area contributed by atoms with Gasteiger partial charge in [-0.1, -0.05) is 30.3 Å². The number of anilines is 1. The first kappa shape index (κ1) is 25.4. The summed E-state index contributed by atoms with van der Waals surface area (Å²) in [6.07, 6.45) is 1.72. The summed E-state index contributed by atoms with van der Waals surface area (Å²) in [5.74, 6) is 0.331. The van der Waals surface area contributed by atoms with E-state index in [9.17, 15) is 9.59 Å². The smallest absolute Gasteiger partial charge is 0.408 e. The molecule has 1 saturated carbocycles. The summed E-state index contributed by atoms with van der Waals surface area (Å²) in [5.41, 5.74) is 5.84. The van der Waals surface area contributed by atoms with Crippen LogP contribution in [0.2, 0.25) is 0 Å². The van der Waals surface area contributed by atoms with Gasteiger partial charge >= 0.3 is 6.09 Å². The lowest BCUT2D eigenvalue weighted by molar-refractivity contribution is -0.126. The van der Waals surface area contributed by atoms with Crippen LogP contribution in [-0.2, 0) is 26.3 Å². The van der Waals surface area contributed by atoms with Gasteiger partial charge in [0.25, 0.3) is 0 Å². The predicted molar refractivity (Wildman–Crippen MR) is 135 cm³/mol. The van der Waals surface area contributed by atoms with Gasteiger partial charge in [-0.05, 0) is 58.7 Å². The summed E-state index contributed by atoms with van der Waals surface area (Å²) in [7, 11) is 0. The molecule has 1 aliphatic carbocycles. The number of alkyl carbamates (subject to hydrolysis) is 1. The Morgan fingerprint density at radius 3 is 2.53 bits per heavy atom. The van der Waals surface area contributed by atoms with Gasteiger partial charge in [0, 0.05) is 17.9 Å². The monoisotopic (exact) mass is 494 g/mol. The average Bonchev–Trinajstić information content (AvgIpc) is 3.29. The minimum Gasteiger partial charge on any atom is -0.444 e. The summed E-state index contributed by atoms with van der Waals surface area (Å²) in [4.78, 5) is 25.5. The van der Waals surface area contributed by atoms with E-state index in [0.29, 0.717) is 36.8 Å². The molecule has 10 nitrogen and oxygen atoms in total. The third-order valence-corrected chi connectivity index (χ3v) is 6.10. The number of benzene rings is 1. The maximum Gasteiger partial charge on any atom is 0.408 e. The van der Waals surface area contributed by atoms with E-state index >= 15 is 0 Å². The van der Waals surface area contributed by atoms with E-state index < -0.39 is 22.6 Å². The summed E-state index contributed by atoms with van der Waals surface area (Å²) >= 11 is 0. The highest BCUT2D eigenvalue weighted by Gasteiger charge is 2.60. The van der Waals surface area contributed by atoms with E-state index in [2.05, 4.69) is 20.8 Å². The molecular formula is C26H34N6O4. The van der Waals surface area contributed by atoms with E-state index in [-0.39, 0.29) is 11.9 Å². The van der Waals surface area contributed by atoms with Crippen LogP contribution in [0, 0.1) is 0 Å². The minimum absolute atomic E-state index is 0.269. The second-order valence-electron chi connectivity index (χ2n) is 10.8. The van der Waals surface area contributed by atoms with Gasteiger partial charge in [0.15, 0.2) is 5.65 Å². The molecule has 4 rings (SSSR count). The van der Waals surface area contributed by atoms with Gasteiger partial charge in [-0.25, -0.2) is 4.79 Å². The second-order valence-corrected chi connectivity index (χ2v) is 10.8. The number of nitrogens with two attached hydrogens (primary N) is 1. The second kappa shape index (κ2) is 9.42. The van der Waals surface area contributed by atoms with Crippen molar-refractivity contribution < 1.29 is 19.1 Å². The fourth-order valence-corrected chi connectivity index (χ4v) is 4.09. The van der Waals surface area contributed by atoms with Crippen molar-refractivity contribution in [1.82, 2.24) is 25.2 Å². The standard InChI is InChI=1S/C26H34N6O4/c1-24(2,3)36-23(34)29-25(4,5)22(33)28-19-13-26(19,16-35-15-17-9-7-6-8-10-17)21-31-30-20-12-11-18(27)14-32(20)21/h6-12,14,19H,13,15-16,27H2,1-5H3,(H,28,33)(H,29,34)/t19?,26-/m1/s1. The molecule has 0 spiro atoms. The van der Waals surface area contributed by atoms with E-state index in [1.54, 1.807) is 52.9 Å². The first-order valence-corrected chi connectivity index (χ1v) is 11.9. The quantitative estimate of drug-likeness (QED) is 0.438. The molecule has 1 unspecified atom stereocenters. The first-order chi connectivity index (χ1) is 16.9. The molecule has 2 atom stereocenters. The van der Waals surface area contributed by atoms with Crippen molar-refractivity contribution in [3.63, 3.8) is 0 Å². The zero-order valence-electron chi connectivity index (χ0n) is 21.4. The largest absolute Gasteiger partial charge is 0.444 e. The van der Waals surface area contributed by atoms with E-state index in [0.717, 1.165) is 5.56 Å². The Morgan fingerprint density at radius 2 is 1.83 bits per heavy atom. The molecule has 3 aromatic rings. The minimum atomic E-state index is -1.20. The Bertz CT molecular complexity index is 1250. The van der Waals surface area contributed by atoms with Crippen LogP contribution in [-0.4, -0.2) is 50.4 Å². The molecule has 192 valence electrons. The number of fused-ring (bicyclic) bond motifs is 1. The molecule has 0 bridgehead atoms. The number of nitrogens with zero attached hydrogens (tertiary/aromatic N) is 3. The third-order valence-electron chi connectivity index (χ3n) is 6.10. The number of carbonyl (C=O) groups is 2. The van der Waals surface area contributed by atoms with E-state index in [4.69, 9.17) is 15.2 Å². The maximum atomic E-state index is 13.2. The van der Waals surface area contributed by atoms with Crippen molar-refractivity contribution in [2.24, 2.45) is 0 Å². The van der Waals surface area contributed by atoms with Gasteiger partial charge < -0.3 is 25.8 Å². The number of carbonyl (C=O) groups excluding carboxylic acids is 2. The molecule has 2 amide bonds. The Balaban J connectivity index is 1.52. The highest BCUT2D eigenvalue weighted by Crippen LogP contribution is 2.48. The van der Waals surface area contributed by atoms with Crippen LogP contribution in [0.5, 0.6) is 0 Å². The predicted octanol–water partition coefficient (Wildman–Crippen LogP) is 2.96. The molecule has 2 aromatic heterocycles. The number of nitrogen functional groups attached to an aromatic ring is 1. The average molecular weight is 495 g/mol. The van der Waals surface area contributed by atoms with E-state index in [1.807, 2.05) is 34.7 Å². The highest BCUT2D eigenvalue weighted by atomic mass is 16.6. The summed E-state index contributed by atoms with van der Waals surface area (Å²) in [6.45, 7) is 9.32. The number of hydrogen-bond acceptors (Lipinski definition) is 7. The lowest BCUT2D eigenvalue weighted by atomic mass is 10.0. The van der Waals surface area contributed by atoms with Gasteiger partial charge in [-0.2, -0.15) is 0 Å². The highest BCUT2D eigenvalue weighted by molar-refractivity contribution is 5.89. The Kier molecular flexibility index (Phi) is 6.66. The SMILES string of the molecule is CC(C)(C)OC(=O)NC(C)(C)C(=O)NC1C[C@]1(COCc1ccccc1)c1nnc2ccc(N)cn12. The molecule has 10 heteroatoms. The van der Waals surface area contributed by atoms with Gasteiger partial charge in [0.1, 0.15) is 17.0 Å². The Morgan fingerprint density at radius 1 is 1.11 bits per heavy atom. The third kappa shape index (κ3) is 5.59. The number of pyridine rings is 1. The molecule has 0 radical (unpaired) electrons. The lowest BCUT2D eigenvalue weighted by Crippen LogP contribution is -2.56. The van der Waals surface area contributed by atoms with Crippen LogP contribution < -0.4 is 16.4 Å². The number of amides is 2. The van der Waals surface area contributed by atoms with Crippen molar-refractivity contribution in [1.29, 1.82) is 0 Å². The fourth-order valence-electron chi connectivity index (χ4n) is 4.09. The van der Waals surface area contributed by atoms with Gasteiger partial charge in [0.05, 0.1) is 18.6 Å². The van der Waals surface area contributed by atoms with Crippen LogP contribution in [0.4, 0.5) is 10.5 Å². The van der Waals surface area contributed by atoms with Crippen LogP contribution in [0.1, 0.15) is 52.4 Å². The van der Waals surface area contributed by atoms with Crippen LogP contribution in [0.25, 0.3) is 5.65 Å². The molecule has 0 aliphatic heterocycles. The summed E-state index contributed by atoms with van der Waals surface area (Å²) < 4.78 is 13.3. The van der Waals surface area contributed by atoms with Gasteiger partial charge in [-0.15, -0.1) is 10.2 Å². The summed E-state index contributed by atoms with van der Waals surface area (Å²) in [5, 5.41) is 14.4. The molecule has 2 heterocycles. The molecule has 1 aromatic carbocycles. The van der Waals surface area contributed by atoms with Crippen molar-refractivity contribution in [3.8, 4) is 0 Å². The normalized spacial score (nSPS) is 19.6. The van der Waals surface area contributed by atoms with Crippen LogP contribution in [0.15, 0.2) is 48.7 Å². The number of rotatable bonds is 8. The zero-order valence-corrected chi connectivity index (χ0v) is 21.4. The van der Waals surface area contributed by atoms with Crippen molar-refractivity contribution in [3.05, 3.63) is 60.0 Å². The Labute approximate surface area is 210 Å². The molecule has 1 fully saturated rings. The van der Waals surface area contributed by atoms with Crippen molar-refractivity contribution >= 4 is 23.3 Å².